The molecule has 2 aromatic heterocycles. The average Bonchev–Trinajstić information content (AvgIpc) is 3.80. The number of oxazole rings is 2. The molecule has 0 radical (unpaired) electrons. The van der Waals surface area contributed by atoms with Gasteiger partial charge in [0.25, 0.3) is 11.8 Å². The van der Waals surface area contributed by atoms with Gasteiger partial charge in [0.15, 0.2) is 11.2 Å². The third-order valence-corrected chi connectivity index (χ3v) is 10.4. The van der Waals surface area contributed by atoms with Crippen molar-refractivity contribution < 1.29 is 18.4 Å². The number of nitrogens with zero attached hydrogens (tertiary/aromatic N) is 2. The van der Waals surface area contributed by atoms with Gasteiger partial charge in [-0.05, 0) is 90.3 Å². The fraction of sp³-hybridized carbons (Fsp3) is 0.0698. The van der Waals surface area contributed by atoms with E-state index in [1.165, 1.54) is 0 Å². The van der Waals surface area contributed by atoms with E-state index in [9.17, 15) is 9.59 Å². The predicted molar refractivity (Wildman–Crippen MR) is 224 cm³/mol. The van der Waals surface area contributed by atoms with Crippen LogP contribution in [0.25, 0.3) is 45.1 Å². The Morgan fingerprint density at radius 3 is 1.39 bits per heavy atom. The van der Waals surface area contributed by atoms with Crippen LogP contribution in [0.5, 0.6) is 0 Å². The molecule has 2 N–H and O–H groups in total. The van der Waals surface area contributed by atoms with Gasteiger partial charge < -0.3 is 19.5 Å². The standard InChI is InChI=1S/C22H16Cl2N2O2.C21H13Cl3N2O2/c1-13-5-2-3-6-15(13)12-25-21(27)14-9-10-18-19(11-14)28-22(26-18)20-16(23)7-4-8-17(20)24;22-14-5-2-1-4-13(14)11-25-20(27)12-8-9-17-18(10-12)28-21(26-17)19-15(23)6-3-7-16(19)24/h2-11H,12H2,1H3,(H,25,27);1-10H,11H2,(H,25,27). The summed E-state index contributed by atoms with van der Waals surface area (Å²) in [6, 6.07) is 35.9. The number of hydrogen-bond acceptors (Lipinski definition) is 6. The predicted octanol–water partition coefficient (Wildman–Crippen LogP) is 12.4. The zero-order valence-electron chi connectivity index (χ0n) is 29.4. The summed E-state index contributed by atoms with van der Waals surface area (Å²) in [5.41, 5.74) is 7.25. The molecule has 56 heavy (non-hydrogen) atoms. The minimum atomic E-state index is -0.240. The van der Waals surface area contributed by atoms with E-state index in [0.29, 0.717) is 94.4 Å². The van der Waals surface area contributed by atoms with Crippen LogP contribution in [0.2, 0.25) is 25.1 Å². The number of nitrogens with one attached hydrogen (secondary N) is 2. The monoisotopic (exact) mass is 840 g/mol. The summed E-state index contributed by atoms with van der Waals surface area (Å²) < 4.78 is 11.6. The molecule has 0 aliphatic rings. The van der Waals surface area contributed by atoms with E-state index < -0.39 is 0 Å². The van der Waals surface area contributed by atoms with Crippen LogP contribution in [0.3, 0.4) is 0 Å². The number of aryl methyl sites for hydroxylation is 1. The Morgan fingerprint density at radius 1 is 0.518 bits per heavy atom. The Balaban J connectivity index is 0.000000172. The maximum absolute atomic E-state index is 12.5. The van der Waals surface area contributed by atoms with E-state index >= 15 is 0 Å². The molecule has 280 valence electrons. The van der Waals surface area contributed by atoms with E-state index in [1.54, 1.807) is 78.9 Å². The molecule has 0 saturated carbocycles. The van der Waals surface area contributed by atoms with E-state index in [2.05, 4.69) is 20.6 Å². The van der Waals surface area contributed by atoms with Gasteiger partial charge in [-0.15, -0.1) is 0 Å². The molecule has 8 nitrogen and oxygen atoms in total. The van der Waals surface area contributed by atoms with Gasteiger partial charge in [0, 0.05) is 29.2 Å². The first-order valence-corrected chi connectivity index (χ1v) is 19.0. The van der Waals surface area contributed by atoms with E-state index in [1.807, 2.05) is 49.4 Å². The van der Waals surface area contributed by atoms with Crippen LogP contribution >= 0.6 is 58.0 Å². The molecule has 0 fully saturated rings. The van der Waals surface area contributed by atoms with E-state index in [4.69, 9.17) is 66.8 Å². The molecule has 0 saturated heterocycles. The fourth-order valence-electron chi connectivity index (χ4n) is 5.76. The quantitative estimate of drug-likeness (QED) is 0.158. The molecule has 0 aliphatic carbocycles. The van der Waals surface area contributed by atoms with Crippen molar-refractivity contribution in [3.8, 4) is 22.9 Å². The number of rotatable bonds is 8. The summed E-state index contributed by atoms with van der Waals surface area (Å²) in [5.74, 6) is 0.205. The highest BCUT2D eigenvalue weighted by Crippen LogP contribution is 2.37. The molecule has 2 heterocycles. The van der Waals surface area contributed by atoms with Gasteiger partial charge in [-0.3, -0.25) is 9.59 Å². The van der Waals surface area contributed by atoms with Crippen LogP contribution in [0.15, 0.2) is 130 Å². The molecule has 13 heteroatoms. The second-order valence-corrected chi connectivity index (χ2v) is 14.5. The van der Waals surface area contributed by atoms with Crippen molar-refractivity contribution in [3.63, 3.8) is 0 Å². The van der Waals surface area contributed by atoms with Crippen LogP contribution in [0, 0.1) is 6.92 Å². The second-order valence-electron chi connectivity index (χ2n) is 12.5. The zero-order valence-corrected chi connectivity index (χ0v) is 33.2. The van der Waals surface area contributed by atoms with Crippen LogP contribution in [-0.2, 0) is 13.1 Å². The minimum Gasteiger partial charge on any atom is -0.436 e. The Kier molecular flexibility index (Phi) is 12.0. The van der Waals surface area contributed by atoms with Crippen LogP contribution in [0.1, 0.15) is 37.4 Å². The minimum absolute atomic E-state index is 0.182. The topological polar surface area (TPSA) is 110 Å². The lowest BCUT2D eigenvalue weighted by atomic mass is 10.1. The lowest BCUT2D eigenvalue weighted by molar-refractivity contribution is 0.0943. The smallest absolute Gasteiger partial charge is 0.251 e. The van der Waals surface area contributed by atoms with Gasteiger partial charge in [-0.1, -0.05) is 113 Å². The van der Waals surface area contributed by atoms with Crippen molar-refractivity contribution in [2.45, 2.75) is 20.0 Å². The second kappa shape index (κ2) is 17.2. The number of hydrogen-bond donors (Lipinski definition) is 2. The molecular formula is C43H29Cl5N4O4. The molecule has 8 aromatic rings. The fourth-order valence-corrected chi connectivity index (χ4v) is 7.08. The SMILES string of the molecule is Cc1ccccc1CNC(=O)c1ccc2nc(-c3c(Cl)cccc3Cl)oc2c1.O=C(NCc1ccccc1Cl)c1ccc2nc(-c3c(Cl)cccc3Cl)oc2c1. The first-order valence-electron chi connectivity index (χ1n) is 17.1. The number of carbonyl (C=O) groups is 2. The number of carbonyl (C=O) groups excluding carboxylic acids is 2. The summed E-state index contributed by atoms with van der Waals surface area (Å²) in [6.45, 7) is 2.80. The van der Waals surface area contributed by atoms with Gasteiger partial charge in [-0.25, -0.2) is 9.97 Å². The first-order chi connectivity index (χ1) is 27.0. The molecule has 0 unspecified atom stereocenters. The Morgan fingerprint density at radius 2 is 0.929 bits per heavy atom. The van der Waals surface area contributed by atoms with Crippen LogP contribution in [-0.4, -0.2) is 21.8 Å². The molecule has 0 aliphatic heterocycles. The Bertz CT molecular complexity index is 2520. The van der Waals surface area contributed by atoms with Crippen molar-refractivity contribution >= 4 is 92.0 Å². The largest absolute Gasteiger partial charge is 0.436 e. The van der Waals surface area contributed by atoms with E-state index in [0.717, 1.165) is 16.7 Å². The van der Waals surface area contributed by atoms with Crippen molar-refractivity contribution in [1.82, 2.24) is 20.6 Å². The van der Waals surface area contributed by atoms with E-state index in [-0.39, 0.29) is 11.8 Å². The van der Waals surface area contributed by atoms with Gasteiger partial charge in [0.1, 0.15) is 11.0 Å². The van der Waals surface area contributed by atoms with Gasteiger partial charge in [-0.2, -0.15) is 0 Å². The number of aromatic nitrogens is 2. The molecule has 8 rings (SSSR count). The van der Waals surface area contributed by atoms with Crippen molar-refractivity contribution in [1.29, 1.82) is 0 Å². The molecule has 0 bridgehead atoms. The highest BCUT2D eigenvalue weighted by atomic mass is 35.5. The highest BCUT2D eigenvalue weighted by Gasteiger charge is 2.18. The van der Waals surface area contributed by atoms with Crippen molar-refractivity contribution in [2.75, 3.05) is 0 Å². The van der Waals surface area contributed by atoms with Gasteiger partial charge in [0.2, 0.25) is 11.8 Å². The van der Waals surface area contributed by atoms with Gasteiger partial charge in [0.05, 0.1) is 31.2 Å². The molecule has 0 atom stereocenters. The number of amides is 2. The molecular weight excluding hydrogens is 814 g/mol. The molecule has 2 amide bonds. The summed E-state index contributed by atoms with van der Waals surface area (Å²) >= 11 is 31.0. The summed E-state index contributed by atoms with van der Waals surface area (Å²) in [5, 5.41) is 8.18. The summed E-state index contributed by atoms with van der Waals surface area (Å²) in [6.07, 6.45) is 0. The Hall–Kier alpha value is -5.35. The average molecular weight is 843 g/mol. The third kappa shape index (κ3) is 8.70. The first kappa shape index (κ1) is 38.9. The highest BCUT2D eigenvalue weighted by molar-refractivity contribution is 6.39. The van der Waals surface area contributed by atoms with Crippen molar-refractivity contribution in [3.05, 3.63) is 174 Å². The zero-order chi connectivity index (χ0) is 39.3. The van der Waals surface area contributed by atoms with Crippen molar-refractivity contribution in [2.24, 2.45) is 0 Å². The maximum atomic E-state index is 12.5. The molecule has 6 aromatic carbocycles. The number of halogens is 5. The van der Waals surface area contributed by atoms with Gasteiger partial charge >= 0.3 is 0 Å². The Labute approximate surface area is 346 Å². The normalized spacial score (nSPS) is 11.0. The summed E-state index contributed by atoms with van der Waals surface area (Å²) in [7, 11) is 0. The number of fused-ring (bicyclic) bond motifs is 2. The maximum Gasteiger partial charge on any atom is 0.251 e. The summed E-state index contributed by atoms with van der Waals surface area (Å²) in [4.78, 5) is 33.9. The van der Waals surface area contributed by atoms with Crippen LogP contribution in [0.4, 0.5) is 0 Å². The van der Waals surface area contributed by atoms with Crippen LogP contribution < -0.4 is 10.6 Å². The number of benzene rings is 6. The third-order valence-electron chi connectivity index (χ3n) is 8.75. The molecule has 0 spiro atoms. The lowest BCUT2D eigenvalue weighted by Crippen LogP contribution is -2.23. The lowest BCUT2D eigenvalue weighted by Gasteiger charge is -2.07.